The van der Waals surface area contributed by atoms with Crippen LogP contribution in [0.1, 0.15) is 25.3 Å². The topological polar surface area (TPSA) is 42.9 Å². The molecule has 0 unspecified atom stereocenters. The summed E-state index contributed by atoms with van der Waals surface area (Å²) >= 11 is 3.88. The largest absolute Gasteiger partial charge is 0.370 e. The molecule has 0 atom stereocenters. The lowest BCUT2D eigenvalue weighted by Crippen LogP contribution is -2.48. The molecule has 0 spiro atoms. The molecule has 2 N–H and O–H groups in total. The van der Waals surface area contributed by atoms with Crippen molar-refractivity contribution in [2.75, 3.05) is 54.0 Å². The van der Waals surface area contributed by atoms with Crippen molar-refractivity contribution < 1.29 is 0 Å². The Hall–Kier alpha value is -1.86. The van der Waals surface area contributed by atoms with Crippen LogP contribution in [0, 0.1) is 0 Å². The maximum absolute atomic E-state index is 4.85. The van der Waals surface area contributed by atoms with Gasteiger partial charge < -0.3 is 20.4 Å². The van der Waals surface area contributed by atoms with Crippen LogP contribution in [0.2, 0.25) is 0 Å². The molecule has 2 saturated heterocycles. The zero-order valence-corrected chi connectivity index (χ0v) is 19.5. The highest BCUT2D eigenvalue weighted by atomic mass is 32.2. The summed E-state index contributed by atoms with van der Waals surface area (Å²) in [5.41, 5.74) is 2.60. The van der Waals surface area contributed by atoms with Crippen LogP contribution in [0.25, 0.3) is 0 Å². The van der Waals surface area contributed by atoms with Crippen LogP contribution < -0.4 is 20.4 Å². The van der Waals surface area contributed by atoms with E-state index in [0.29, 0.717) is 12.6 Å². The minimum atomic E-state index is 0.485. The molecule has 1 aromatic carbocycles. The number of nitrogens with zero attached hydrogens (tertiary/aromatic N) is 3. The van der Waals surface area contributed by atoms with E-state index < -0.39 is 0 Å². The van der Waals surface area contributed by atoms with Crippen molar-refractivity contribution in [3.05, 3.63) is 47.3 Å². The number of nitrogens with one attached hydrogen (secondary N) is 2. The average molecular weight is 444 g/mol. The predicted molar refractivity (Wildman–Crippen MR) is 133 cm³/mol. The van der Waals surface area contributed by atoms with Gasteiger partial charge in [-0.1, -0.05) is 12.1 Å². The zero-order chi connectivity index (χ0) is 20.6. The first-order chi connectivity index (χ1) is 14.8. The molecule has 5 nitrogen and oxygen atoms in total. The van der Waals surface area contributed by atoms with Gasteiger partial charge in [-0.05, 0) is 55.0 Å². The normalized spacial score (nSPS) is 18.5. The van der Waals surface area contributed by atoms with Crippen LogP contribution in [-0.4, -0.2) is 56.2 Å². The number of hydrogen-bond acceptors (Lipinski definition) is 5. The summed E-state index contributed by atoms with van der Waals surface area (Å²) in [7, 11) is 0. The molecule has 2 aliphatic heterocycles. The highest BCUT2D eigenvalue weighted by molar-refractivity contribution is 7.99. The van der Waals surface area contributed by atoms with Gasteiger partial charge in [0.2, 0.25) is 0 Å². The number of thiophene rings is 1. The summed E-state index contributed by atoms with van der Waals surface area (Å²) in [5.74, 6) is 3.40. The fourth-order valence-corrected chi connectivity index (χ4v) is 5.70. The van der Waals surface area contributed by atoms with Gasteiger partial charge in [0.25, 0.3) is 0 Å². The van der Waals surface area contributed by atoms with Gasteiger partial charge in [0.15, 0.2) is 5.96 Å². The Morgan fingerprint density at radius 2 is 1.80 bits per heavy atom. The fourth-order valence-electron chi connectivity index (χ4n) is 4.01. The molecule has 0 saturated carbocycles. The Labute approximate surface area is 188 Å². The second-order valence-electron chi connectivity index (χ2n) is 7.82. The van der Waals surface area contributed by atoms with Gasteiger partial charge in [0, 0.05) is 56.0 Å². The van der Waals surface area contributed by atoms with Gasteiger partial charge in [-0.3, -0.25) is 0 Å². The Bertz CT molecular complexity index is 776. The van der Waals surface area contributed by atoms with Crippen molar-refractivity contribution >= 4 is 39.7 Å². The van der Waals surface area contributed by atoms with E-state index >= 15 is 0 Å². The van der Waals surface area contributed by atoms with Gasteiger partial charge in [-0.15, -0.1) is 11.3 Å². The molecular formula is C23H33N5S2. The minimum Gasteiger partial charge on any atom is -0.370 e. The van der Waals surface area contributed by atoms with Crippen molar-refractivity contribution in [1.29, 1.82) is 0 Å². The molecular weight excluding hydrogens is 410 g/mol. The summed E-state index contributed by atoms with van der Waals surface area (Å²) in [5, 5.41) is 10.6. The third kappa shape index (κ3) is 5.85. The Morgan fingerprint density at radius 3 is 2.47 bits per heavy atom. The van der Waals surface area contributed by atoms with Crippen LogP contribution in [0.4, 0.5) is 10.7 Å². The third-order valence-electron chi connectivity index (χ3n) is 5.73. The van der Waals surface area contributed by atoms with E-state index in [1.165, 1.54) is 27.8 Å². The molecule has 0 radical (unpaired) electrons. The SMILES string of the molecule is CCNC(=NCc1ccc(N2CCSCC2)cc1)NC1CCN(c2cccs2)CC1. The van der Waals surface area contributed by atoms with Gasteiger partial charge >= 0.3 is 0 Å². The number of aliphatic imine (C=N–C) groups is 1. The summed E-state index contributed by atoms with van der Waals surface area (Å²) in [4.78, 5) is 9.83. The molecule has 2 aliphatic rings. The van der Waals surface area contributed by atoms with Gasteiger partial charge in [0.05, 0.1) is 11.5 Å². The van der Waals surface area contributed by atoms with E-state index in [1.54, 1.807) is 0 Å². The van der Waals surface area contributed by atoms with Crippen LogP contribution in [0.3, 0.4) is 0 Å². The van der Waals surface area contributed by atoms with E-state index in [-0.39, 0.29) is 0 Å². The highest BCUT2D eigenvalue weighted by Crippen LogP contribution is 2.25. The molecule has 162 valence electrons. The lowest BCUT2D eigenvalue weighted by molar-refractivity contribution is 0.463. The summed E-state index contributed by atoms with van der Waals surface area (Å²) in [6, 6.07) is 13.8. The number of anilines is 2. The molecule has 4 rings (SSSR count). The van der Waals surface area contributed by atoms with Gasteiger partial charge in [0.1, 0.15) is 0 Å². The Kier molecular flexibility index (Phi) is 7.81. The number of hydrogen-bond donors (Lipinski definition) is 2. The van der Waals surface area contributed by atoms with Crippen LogP contribution in [0.15, 0.2) is 46.8 Å². The summed E-state index contributed by atoms with van der Waals surface area (Å²) in [6.07, 6.45) is 2.29. The molecule has 3 heterocycles. The zero-order valence-electron chi connectivity index (χ0n) is 17.8. The molecule has 7 heteroatoms. The van der Waals surface area contributed by atoms with Crippen LogP contribution in [0.5, 0.6) is 0 Å². The predicted octanol–water partition coefficient (Wildman–Crippen LogP) is 4.03. The first-order valence-electron chi connectivity index (χ1n) is 11.1. The third-order valence-corrected chi connectivity index (χ3v) is 7.60. The smallest absolute Gasteiger partial charge is 0.191 e. The monoisotopic (exact) mass is 443 g/mol. The number of rotatable bonds is 6. The second kappa shape index (κ2) is 11.0. The number of benzene rings is 1. The molecule has 0 amide bonds. The lowest BCUT2D eigenvalue weighted by atomic mass is 10.1. The number of thioether (sulfide) groups is 1. The lowest BCUT2D eigenvalue weighted by Gasteiger charge is -2.33. The van der Waals surface area contributed by atoms with E-state index in [4.69, 9.17) is 4.99 Å². The average Bonchev–Trinajstić information content (AvgIpc) is 3.34. The van der Waals surface area contributed by atoms with Crippen molar-refractivity contribution in [2.45, 2.75) is 32.4 Å². The number of guanidine groups is 1. The van der Waals surface area contributed by atoms with E-state index in [9.17, 15) is 0 Å². The van der Waals surface area contributed by atoms with E-state index in [1.807, 2.05) is 11.3 Å². The standard InChI is InChI=1S/C23H33N5S2/c1-2-24-23(26-20-9-11-28(12-10-20)22-4-3-15-30-22)25-18-19-5-7-21(8-6-19)27-13-16-29-17-14-27/h3-8,15,20H,2,9-14,16-18H2,1H3,(H2,24,25,26). The van der Waals surface area contributed by atoms with Gasteiger partial charge in [-0.25, -0.2) is 4.99 Å². The van der Waals surface area contributed by atoms with Gasteiger partial charge in [-0.2, -0.15) is 11.8 Å². The fraction of sp³-hybridized carbons (Fsp3) is 0.522. The minimum absolute atomic E-state index is 0.485. The highest BCUT2D eigenvalue weighted by Gasteiger charge is 2.20. The molecule has 2 aromatic rings. The van der Waals surface area contributed by atoms with Crippen molar-refractivity contribution in [3.8, 4) is 0 Å². The van der Waals surface area contributed by atoms with E-state index in [2.05, 4.69) is 80.9 Å². The molecule has 0 aliphatic carbocycles. The van der Waals surface area contributed by atoms with Crippen LogP contribution >= 0.6 is 23.1 Å². The first kappa shape index (κ1) is 21.4. The Morgan fingerprint density at radius 1 is 1.03 bits per heavy atom. The maximum Gasteiger partial charge on any atom is 0.191 e. The Balaban J connectivity index is 1.29. The molecule has 30 heavy (non-hydrogen) atoms. The summed E-state index contributed by atoms with van der Waals surface area (Å²) in [6.45, 7) is 8.24. The van der Waals surface area contributed by atoms with Crippen LogP contribution in [-0.2, 0) is 6.54 Å². The van der Waals surface area contributed by atoms with E-state index in [0.717, 1.165) is 51.5 Å². The van der Waals surface area contributed by atoms with Crippen molar-refractivity contribution in [3.63, 3.8) is 0 Å². The quantitative estimate of drug-likeness (QED) is 0.521. The second-order valence-corrected chi connectivity index (χ2v) is 9.97. The maximum atomic E-state index is 4.85. The number of piperidine rings is 1. The molecule has 1 aromatic heterocycles. The van der Waals surface area contributed by atoms with Crippen molar-refractivity contribution in [1.82, 2.24) is 10.6 Å². The van der Waals surface area contributed by atoms with Crippen molar-refractivity contribution in [2.24, 2.45) is 4.99 Å². The molecule has 0 bridgehead atoms. The molecule has 2 fully saturated rings. The first-order valence-corrected chi connectivity index (χ1v) is 13.1. The summed E-state index contributed by atoms with van der Waals surface area (Å²) < 4.78 is 0.